The molecule has 15 heavy (non-hydrogen) atoms. The molecule has 0 aliphatic rings. The predicted molar refractivity (Wildman–Crippen MR) is 57.8 cm³/mol. The lowest BCUT2D eigenvalue weighted by Gasteiger charge is -2.01. The van der Waals surface area contributed by atoms with Gasteiger partial charge in [0.1, 0.15) is 5.82 Å². The highest BCUT2D eigenvalue weighted by molar-refractivity contribution is 5.18. The largest absolute Gasteiger partial charge is 0.343 e. The average molecular weight is 203 g/mol. The van der Waals surface area contributed by atoms with Gasteiger partial charge in [-0.15, -0.1) is 0 Å². The Hall–Kier alpha value is -1.84. The minimum atomic E-state index is -0.136. The average Bonchev–Trinajstić information content (AvgIpc) is 2.61. The van der Waals surface area contributed by atoms with Crippen LogP contribution in [-0.4, -0.2) is 14.8 Å². The summed E-state index contributed by atoms with van der Waals surface area (Å²) in [5.74, 6) is 0.786. The lowest BCUT2D eigenvalue weighted by atomic mass is 10.1. The molecule has 0 aliphatic heterocycles. The van der Waals surface area contributed by atoms with Crippen LogP contribution < -0.4 is 5.69 Å². The quantitative estimate of drug-likeness (QED) is 0.814. The molecule has 78 valence electrons. The van der Waals surface area contributed by atoms with E-state index < -0.39 is 0 Å². The number of aromatic nitrogens is 3. The van der Waals surface area contributed by atoms with Gasteiger partial charge in [-0.1, -0.05) is 30.3 Å². The van der Waals surface area contributed by atoms with Crippen molar-refractivity contribution in [2.24, 2.45) is 0 Å². The first-order valence-electron chi connectivity index (χ1n) is 4.99. The van der Waals surface area contributed by atoms with Crippen LogP contribution in [0.25, 0.3) is 0 Å². The number of rotatable bonds is 3. The molecule has 1 N–H and O–H groups in total. The molecule has 0 saturated heterocycles. The van der Waals surface area contributed by atoms with Crippen molar-refractivity contribution in [3.63, 3.8) is 0 Å². The molecule has 2 aromatic rings. The van der Waals surface area contributed by atoms with Gasteiger partial charge >= 0.3 is 5.69 Å². The number of nitrogens with one attached hydrogen (secondary N) is 1. The molecule has 1 heterocycles. The Morgan fingerprint density at radius 2 is 2.07 bits per heavy atom. The summed E-state index contributed by atoms with van der Waals surface area (Å²) in [6, 6.07) is 9.99. The molecule has 0 spiro atoms. The van der Waals surface area contributed by atoms with Crippen molar-refractivity contribution in [1.82, 2.24) is 14.8 Å². The second kappa shape index (κ2) is 4.13. The summed E-state index contributed by atoms with van der Waals surface area (Å²) in [6.07, 6.45) is 0.688. The molecule has 0 radical (unpaired) electrons. The molecule has 0 aliphatic carbocycles. The number of H-pyrrole nitrogens is 1. The number of nitrogens with zero attached hydrogens (tertiary/aromatic N) is 2. The van der Waals surface area contributed by atoms with E-state index in [0.717, 1.165) is 11.4 Å². The minimum Gasteiger partial charge on any atom is -0.279 e. The van der Waals surface area contributed by atoms with Crippen molar-refractivity contribution >= 4 is 0 Å². The van der Waals surface area contributed by atoms with Crippen molar-refractivity contribution < 1.29 is 0 Å². The van der Waals surface area contributed by atoms with Crippen LogP contribution in [-0.2, 0) is 13.0 Å². The summed E-state index contributed by atoms with van der Waals surface area (Å²) >= 11 is 0. The van der Waals surface area contributed by atoms with Crippen LogP contribution in [0, 0.1) is 0 Å². The zero-order valence-corrected chi connectivity index (χ0v) is 8.60. The highest BCUT2D eigenvalue weighted by Crippen LogP contribution is 2.04. The first-order valence-corrected chi connectivity index (χ1v) is 4.99. The number of hydrogen-bond donors (Lipinski definition) is 1. The molecular weight excluding hydrogens is 190 g/mol. The Morgan fingerprint density at radius 3 is 2.73 bits per heavy atom. The summed E-state index contributed by atoms with van der Waals surface area (Å²) in [5.41, 5.74) is 1.02. The molecule has 1 aromatic heterocycles. The van der Waals surface area contributed by atoms with Gasteiger partial charge in [0.05, 0.1) is 0 Å². The lowest BCUT2D eigenvalue weighted by Crippen LogP contribution is -2.17. The van der Waals surface area contributed by atoms with Gasteiger partial charge in [-0.2, -0.15) is 5.10 Å². The molecule has 4 heteroatoms. The van der Waals surface area contributed by atoms with Crippen molar-refractivity contribution in [3.05, 3.63) is 52.2 Å². The Kier molecular flexibility index (Phi) is 2.67. The predicted octanol–water partition coefficient (Wildman–Crippen LogP) is 1.18. The zero-order valence-electron chi connectivity index (χ0n) is 8.60. The maximum atomic E-state index is 11.3. The molecule has 0 bridgehead atoms. The van der Waals surface area contributed by atoms with Crippen LogP contribution in [0.15, 0.2) is 35.1 Å². The summed E-state index contributed by atoms with van der Waals surface area (Å²) in [6.45, 7) is 2.59. The Bertz CT molecular complexity index is 484. The van der Waals surface area contributed by atoms with Crippen molar-refractivity contribution in [3.8, 4) is 0 Å². The summed E-state index contributed by atoms with van der Waals surface area (Å²) in [4.78, 5) is 11.3. The third kappa shape index (κ3) is 1.98. The van der Waals surface area contributed by atoms with Gasteiger partial charge < -0.3 is 0 Å². The maximum absolute atomic E-state index is 11.3. The van der Waals surface area contributed by atoms with Gasteiger partial charge in [-0.25, -0.2) is 9.89 Å². The number of hydrogen-bond acceptors (Lipinski definition) is 2. The second-order valence-electron chi connectivity index (χ2n) is 3.35. The Balaban J connectivity index is 2.29. The zero-order chi connectivity index (χ0) is 10.7. The van der Waals surface area contributed by atoms with Gasteiger partial charge in [0.2, 0.25) is 0 Å². The highest BCUT2D eigenvalue weighted by Gasteiger charge is 2.06. The van der Waals surface area contributed by atoms with Crippen LogP contribution in [0.2, 0.25) is 0 Å². The van der Waals surface area contributed by atoms with Crippen LogP contribution >= 0.6 is 0 Å². The lowest BCUT2D eigenvalue weighted by molar-refractivity contribution is 0.690. The molecule has 0 saturated carbocycles. The third-order valence-electron chi connectivity index (χ3n) is 2.36. The van der Waals surface area contributed by atoms with E-state index in [1.165, 1.54) is 0 Å². The second-order valence-corrected chi connectivity index (χ2v) is 3.35. The smallest absolute Gasteiger partial charge is 0.279 e. The standard InChI is InChI=1S/C11H13N3O/c1-2-14-10(12-13-11(14)15)8-9-6-4-3-5-7-9/h3-7H,2,8H2,1H3,(H,13,15). The van der Waals surface area contributed by atoms with Crippen molar-refractivity contribution in [2.45, 2.75) is 19.9 Å². The van der Waals surface area contributed by atoms with Gasteiger partial charge in [-0.05, 0) is 12.5 Å². The van der Waals surface area contributed by atoms with Gasteiger partial charge in [0.15, 0.2) is 0 Å². The van der Waals surface area contributed by atoms with E-state index in [4.69, 9.17) is 0 Å². The fraction of sp³-hybridized carbons (Fsp3) is 0.273. The first-order chi connectivity index (χ1) is 7.31. The van der Waals surface area contributed by atoms with Gasteiger partial charge in [0, 0.05) is 13.0 Å². The van der Waals surface area contributed by atoms with Gasteiger partial charge in [-0.3, -0.25) is 4.57 Å². The van der Waals surface area contributed by atoms with E-state index >= 15 is 0 Å². The molecule has 1 aromatic carbocycles. The topological polar surface area (TPSA) is 50.7 Å². The van der Waals surface area contributed by atoms with Crippen LogP contribution in [0.5, 0.6) is 0 Å². The normalized spacial score (nSPS) is 10.5. The first kappa shape index (κ1) is 9.71. The van der Waals surface area contributed by atoms with E-state index in [9.17, 15) is 4.79 Å². The highest BCUT2D eigenvalue weighted by atomic mass is 16.1. The number of aromatic amines is 1. The maximum Gasteiger partial charge on any atom is 0.343 e. The van der Waals surface area contributed by atoms with E-state index in [1.54, 1.807) is 4.57 Å². The molecule has 2 rings (SSSR count). The third-order valence-corrected chi connectivity index (χ3v) is 2.36. The summed E-state index contributed by atoms with van der Waals surface area (Å²) in [7, 11) is 0. The summed E-state index contributed by atoms with van der Waals surface area (Å²) in [5, 5.41) is 6.47. The number of benzene rings is 1. The fourth-order valence-electron chi connectivity index (χ4n) is 1.59. The molecule has 0 unspecified atom stereocenters. The SMILES string of the molecule is CCn1c(Cc2ccccc2)n[nH]c1=O. The fourth-order valence-corrected chi connectivity index (χ4v) is 1.59. The molecule has 0 atom stereocenters. The molecule has 0 fully saturated rings. The van der Waals surface area contributed by atoms with Crippen LogP contribution in [0.1, 0.15) is 18.3 Å². The monoisotopic (exact) mass is 203 g/mol. The van der Waals surface area contributed by atoms with E-state index in [-0.39, 0.29) is 5.69 Å². The van der Waals surface area contributed by atoms with Crippen molar-refractivity contribution in [2.75, 3.05) is 0 Å². The molecular formula is C11H13N3O. The molecule has 4 nitrogen and oxygen atoms in total. The van der Waals surface area contributed by atoms with E-state index in [2.05, 4.69) is 10.2 Å². The van der Waals surface area contributed by atoms with E-state index in [1.807, 2.05) is 37.3 Å². The summed E-state index contributed by atoms with van der Waals surface area (Å²) < 4.78 is 1.65. The van der Waals surface area contributed by atoms with E-state index in [0.29, 0.717) is 13.0 Å². The van der Waals surface area contributed by atoms with Gasteiger partial charge in [0.25, 0.3) is 0 Å². The minimum absolute atomic E-state index is 0.136. The van der Waals surface area contributed by atoms with Crippen LogP contribution in [0.4, 0.5) is 0 Å². The Labute approximate surface area is 87.6 Å². The van der Waals surface area contributed by atoms with Crippen molar-refractivity contribution in [1.29, 1.82) is 0 Å². The molecule has 0 amide bonds. The Morgan fingerprint density at radius 1 is 1.33 bits per heavy atom. The van der Waals surface area contributed by atoms with Crippen LogP contribution in [0.3, 0.4) is 0 Å².